The van der Waals surface area contributed by atoms with E-state index in [0.717, 1.165) is 43.4 Å². The van der Waals surface area contributed by atoms with Crippen LogP contribution < -0.4 is 10.1 Å². The molecule has 0 unspecified atom stereocenters. The van der Waals surface area contributed by atoms with Gasteiger partial charge in [-0.15, -0.1) is 0 Å². The van der Waals surface area contributed by atoms with Crippen molar-refractivity contribution in [2.45, 2.75) is 82.7 Å². The Kier molecular flexibility index (Phi) is 8.91. The van der Waals surface area contributed by atoms with Gasteiger partial charge >= 0.3 is 0 Å². The molecular formula is C29H39ClN2O2. The molecule has 1 heterocycles. The number of hydrogen-bond acceptors (Lipinski definition) is 3. The molecule has 1 aliphatic heterocycles. The van der Waals surface area contributed by atoms with Crippen LogP contribution in [-0.4, -0.2) is 42.1 Å². The Balaban J connectivity index is 1.24. The zero-order chi connectivity index (χ0) is 23.8. The molecule has 0 spiro atoms. The van der Waals surface area contributed by atoms with Crippen LogP contribution in [0.3, 0.4) is 0 Å². The van der Waals surface area contributed by atoms with Gasteiger partial charge in [0.15, 0.2) is 0 Å². The number of piperidine rings is 1. The van der Waals surface area contributed by atoms with Crippen molar-refractivity contribution in [1.82, 2.24) is 10.2 Å². The third-order valence-electron chi connectivity index (χ3n) is 7.63. The average Bonchev–Trinajstić information content (AvgIpc) is 2.85. The lowest BCUT2D eigenvalue weighted by Gasteiger charge is -2.50. The van der Waals surface area contributed by atoms with Gasteiger partial charge in [0.25, 0.3) is 0 Å². The van der Waals surface area contributed by atoms with Gasteiger partial charge in [0.1, 0.15) is 5.75 Å². The van der Waals surface area contributed by atoms with E-state index >= 15 is 0 Å². The molecule has 4 nitrogen and oxygen atoms in total. The lowest BCUT2D eigenvalue weighted by atomic mass is 9.73. The average molecular weight is 483 g/mol. The largest absolute Gasteiger partial charge is 0.493 e. The number of halogens is 1. The van der Waals surface area contributed by atoms with E-state index < -0.39 is 0 Å². The van der Waals surface area contributed by atoms with Crippen LogP contribution in [0, 0.1) is 6.92 Å². The van der Waals surface area contributed by atoms with Crippen molar-refractivity contribution in [3.05, 3.63) is 64.7 Å². The van der Waals surface area contributed by atoms with Crippen molar-refractivity contribution in [2.75, 3.05) is 19.7 Å². The fourth-order valence-corrected chi connectivity index (χ4v) is 5.96. The Morgan fingerprint density at radius 2 is 1.82 bits per heavy atom. The van der Waals surface area contributed by atoms with E-state index in [1.165, 1.54) is 37.9 Å². The summed E-state index contributed by atoms with van der Waals surface area (Å²) in [5.41, 5.74) is 2.70. The highest BCUT2D eigenvalue weighted by Gasteiger charge is 2.40. The van der Waals surface area contributed by atoms with Crippen LogP contribution in [0.1, 0.15) is 68.9 Å². The second-order valence-corrected chi connectivity index (χ2v) is 10.6. The van der Waals surface area contributed by atoms with Crippen LogP contribution in [0.25, 0.3) is 0 Å². The monoisotopic (exact) mass is 482 g/mol. The molecule has 2 fully saturated rings. The zero-order valence-corrected chi connectivity index (χ0v) is 21.3. The highest BCUT2D eigenvalue weighted by atomic mass is 35.5. The van der Waals surface area contributed by atoms with E-state index in [9.17, 15) is 4.79 Å². The summed E-state index contributed by atoms with van der Waals surface area (Å²) < 4.78 is 5.84. The number of aryl methyl sites for hydroxylation is 1. The second kappa shape index (κ2) is 12.1. The number of nitrogens with one attached hydrogen (secondary N) is 1. The van der Waals surface area contributed by atoms with E-state index in [-0.39, 0.29) is 11.4 Å². The normalized spacial score (nSPS) is 23.4. The summed E-state index contributed by atoms with van der Waals surface area (Å²) in [5.74, 6) is 0.986. The van der Waals surface area contributed by atoms with Crippen molar-refractivity contribution in [1.29, 1.82) is 0 Å². The fourth-order valence-electron chi connectivity index (χ4n) is 5.74. The summed E-state index contributed by atoms with van der Waals surface area (Å²) in [6.45, 7) is 4.96. The van der Waals surface area contributed by atoms with Crippen LogP contribution in [0.4, 0.5) is 0 Å². The van der Waals surface area contributed by atoms with E-state index in [2.05, 4.69) is 40.5 Å². The Labute approximate surface area is 210 Å². The first-order valence-electron chi connectivity index (χ1n) is 13.0. The van der Waals surface area contributed by atoms with Crippen molar-refractivity contribution in [3.63, 3.8) is 0 Å². The van der Waals surface area contributed by atoms with E-state index in [0.29, 0.717) is 30.5 Å². The molecule has 1 amide bonds. The minimum atomic E-state index is 0.148. The molecule has 2 aromatic carbocycles. The lowest BCUT2D eigenvalue weighted by molar-refractivity contribution is -0.122. The van der Waals surface area contributed by atoms with Crippen LogP contribution in [0.15, 0.2) is 48.5 Å². The highest BCUT2D eigenvalue weighted by Crippen LogP contribution is 2.38. The molecule has 0 aromatic heterocycles. The molecule has 0 atom stereocenters. The molecule has 2 aliphatic rings. The molecule has 0 bridgehead atoms. The Hall–Kier alpha value is -2.04. The van der Waals surface area contributed by atoms with E-state index in [4.69, 9.17) is 16.3 Å². The summed E-state index contributed by atoms with van der Waals surface area (Å²) in [4.78, 5) is 15.4. The second-order valence-electron chi connectivity index (χ2n) is 10.1. The molecule has 1 aliphatic carbocycles. The molecule has 184 valence electrons. The molecule has 0 radical (unpaired) electrons. The number of amides is 1. The Morgan fingerprint density at radius 1 is 1.09 bits per heavy atom. The molecule has 2 aromatic rings. The van der Waals surface area contributed by atoms with Crippen molar-refractivity contribution < 1.29 is 9.53 Å². The molecule has 34 heavy (non-hydrogen) atoms. The number of carbonyl (C=O) groups is 1. The quantitative estimate of drug-likeness (QED) is 0.424. The van der Waals surface area contributed by atoms with Gasteiger partial charge in [-0.2, -0.15) is 0 Å². The predicted octanol–water partition coefficient (Wildman–Crippen LogP) is 6.33. The van der Waals surface area contributed by atoms with Crippen LogP contribution in [0.5, 0.6) is 5.75 Å². The lowest BCUT2D eigenvalue weighted by Crippen LogP contribution is -2.56. The third kappa shape index (κ3) is 6.76. The number of ether oxygens (including phenoxy) is 1. The van der Waals surface area contributed by atoms with Gasteiger partial charge < -0.3 is 10.1 Å². The predicted molar refractivity (Wildman–Crippen MR) is 140 cm³/mol. The molecular weight excluding hydrogens is 444 g/mol. The van der Waals surface area contributed by atoms with E-state index in [1.807, 2.05) is 25.1 Å². The summed E-state index contributed by atoms with van der Waals surface area (Å²) in [5, 5.41) is 4.02. The van der Waals surface area contributed by atoms with Crippen molar-refractivity contribution >= 4 is 17.5 Å². The van der Waals surface area contributed by atoms with Crippen molar-refractivity contribution in [2.24, 2.45) is 0 Å². The number of likely N-dealkylation sites (tertiary alicyclic amines) is 1. The summed E-state index contributed by atoms with van der Waals surface area (Å²) >= 11 is 6.00. The molecule has 1 saturated heterocycles. The maximum absolute atomic E-state index is 12.6. The summed E-state index contributed by atoms with van der Waals surface area (Å²) in [6, 6.07) is 16.9. The minimum Gasteiger partial charge on any atom is -0.493 e. The molecule has 4 rings (SSSR count). The number of hydrogen-bond donors (Lipinski definition) is 1. The van der Waals surface area contributed by atoms with Gasteiger partial charge in [0.05, 0.1) is 6.61 Å². The molecule has 1 saturated carbocycles. The van der Waals surface area contributed by atoms with Crippen LogP contribution in [-0.2, 0) is 11.2 Å². The summed E-state index contributed by atoms with van der Waals surface area (Å²) in [6.07, 6.45) is 10.8. The zero-order valence-electron chi connectivity index (χ0n) is 20.5. The smallest absolute Gasteiger partial charge is 0.220 e. The van der Waals surface area contributed by atoms with Crippen LogP contribution in [0.2, 0.25) is 5.02 Å². The maximum Gasteiger partial charge on any atom is 0.220 e. The topological polar surface area (TPSA) is 41.6 Å². The highest BCUT2D eigenvalue weighted by molar-refractivity contribution is 6.30. The molecule has 1 N–H and O–H groups in total. The molecule has 5 heteroatoms. The number of rotatable bonds is 9. The van der Waals surface area contributed by atoms with E-state index in [1.54, 1.807) is 0 Å². The van der Waals surface area contributed by atoms with Crippen molar-refractivity contribution in [3.8, 4) is 5.75 Å². The van der Waals surface area contributed by atoms with Crippen LogP contribution >= 0.6 is 11.6 Å². The Morgan fingerprint density at radius 3 is 2.53 bits per heavy atom. The first-order valence-corrected chi connectivity index (χ1v) is 13.4. The maximum atomic E-state index is 12.6. The number of carbonyl (C=O) groups excluding carboxylic acids is 1. The first-order chi connectivity index (χ1) is 16.5. The van der Waals surface area contributed by atoms with Gasteiger partial charge in [0, 0.05) is 23.0 Å². The fraction of sp³-hybridized carbons (Fsp3) is 0.552. The Bertz CT molecular complexity index is 919. The minimum absolute atomic E-state index is 0.148. The van der Waals surface area contributed by atoms with Gasteiger partial charge in [-0.05, 0) is 101 Å². The van der Waals surface area contributed by atoms with Gasteiger partial charge in [-0.25, -0.2) is 0 Å². The van der Waals surface area contributed by atoms with Gasteiger partial charge in [-0.3, -0.25) is 9.69 Å². The number of benzene rings is 2. The third-order valence-corrected chi connectivity index (χ3v) is 7.86. The van der Waals surface area contributed by atoms with Gasteiger partial charge in [-0.1, -0.05) is 48.4 Å². The standard InChI is InChI=1S/C29H39ClN2O2/c1-23-21-25(30)12-13-27(23)34-20-8-11-28(33)31-26-14-16-29(17-15-26,32-18-6-3-7-19-32)22-24-9-4-2-5-10-24/h2,4-5,9-10,12-13,21,26H,3,6-8,11,14-20,22H2,1H3,(H,31,33). The first kappa shape index (κ1) is 25.1. The summed E-state index contributed by atoms with van der Waals surface area (Å²) in [7, 11) is 0. The number of nitrogens with zero attached hydrogens (tertiary/aromatic N) is 1. The van der Waals surface area contributed by atoms with Gasteiger partial charge in [0.2, 0.25) is 5.91 Å². The SMILES string of the molecule is Cc1cc(Cl)ccc1OCCCC(=O)NC1CCC(Cc2ccccc2)(N2CCCCC2)CC1.